The molecule has 1 amide bonds. The SMILES string of the molecule is Cc1cc(C)cc(C2(C(=O)NCc3ccccc3N3CCCC3)CCOCC2)c1. The standard InChI is InChI=1S/C25H32N2O2/c1-19-15-20(2)17-22(16-19)25(9-13-29-14-10-25)24(28)26-18-21-7-3-4-8-23(21)27-11-5-6-12-27/h3-4,7-8,15-17H,5-6,9-14,18H2,1-2H3,(H,26,28). The Kier molecular flexibility index (Phi) is 5.91. The van der Waals surface area contributed by atoms with E-state index in [4.69, 9.17) is 4.74 Å². The van der Waals surface area contributed by atoms with Gasteiger partial charge in [0, 0.05) is 38.5 Å². The number of para-hydroxylation sites is 1. The van der Waals surface area contributed by atoms with Crippen LogP contribution in [0.3, 0.4) is 0 Å². The third-order valence-corrected chi connectivity index (χ3v) is 6.43. The van der Waals surface area contributed by atoms with Crippen molar-refractivity contribution in [1.82, 2.24) is 5.32 Å². The van der Waals surface area contributed by atoms with Gasteiger partial charge in [0.2, 0.25) is 5.91 Å². The van der Waals surface area contributed by atoms with Gasteiger partial charge in [0.1, 0.15) is 0 Å². The van der Waals surface area contributed by atoms with Crippen molar-refractivity contribution in [3.05, 3.63) is 64.7 Å². The fourth-order valence-electron chi connectivity index (χ4n) is 4.89. The van der Waals surface area contributed by atoms with Crippen molar-refractivity contribution < 1.29 is 9.53 Å². The lowest BCUT2D eigenvalue weighted by molar-refractivity contribution is -0.130. The van der Waals surface area contributed by atoms with Crippen molar-refractivity contribution in [3.63, 3.8) is 0 Å². The van der Waals surface area contributed by atoms with Gasteiger partial charge in [-0.15, -0.1) is 0 Å². The van der Waals surface area contributed by atoms with Crippen LogP contribution in [0.1, 0.15) is 47.9 Å². The summed E-state index contributed by atoms with van der Waals surface area (Å²) in [5.41, 5.74) is 5.50. The molecule has 2 aliphatic rings. The molecule has 4 rings (SSSR count). The topological polar surface area (TPSA) is 41.6 Å². The molecule has 2 saturated heterocycles. The van der Waals surface area contributed by atoms with Crippen LogP contribution >= 0.6 is 0 Å². The van der Waals surface area contributed by atoms with Crippen LogP contribution in [0.15, 0.2) is 42.5 Å². The van der Waals surface area contributed by atoms with Gasteiger partial charge in [-0.1, -0.05) is 47.5 Å². The fourth-order valence-corrected chi connectivity index (χ4v) is 4.89. The van der Waals surface area contributed by atoms with E-state index in [-0.39, 0.29) is 5.91 Å². The summed E-state index contributed by atoms with van der Waals surface area (Å²) >= 11 is 0. The van der Waals surface area contributed by atoms with Crippen LogP contribution in [0, 0.1) is 13.8 Å². The van der Waals surface area contributed by atoms with Gasteiger partial charge in [-0.3, -0.25) is 4.79 Å². The minimum atomic E-state index is -0.502. The number of carbonyl (C=O) groups is 1. The first kappa shape index (κ1) is 20.0. The lowest BCUT2D eigenvalue weighted by atomic mass is 9.72. The Labute approximate surface area is 174 Å². The maximum Gasteiger partial charge on any atom is 0.231 e. The molecule has 0 bridgehead atoms. The van der Waals surface area contributed by atoms with Gasteiger partial charge in [0.15, 0.2) is 0 Å². The molecule has 0 atom stereocenters. The van der Waals surface area contributed by atoms with E-state index in [1.165, 1.54) is 35.2 Å². The molecule has 4 nitrogen and oxygen atoms in total. The number of ether oxygens (including phenoxy) is 1. The van der Waals surface area contributed by atoms with E-state index in [1.807, 2.05) is 0 Å². The molecule has 0 unspecified atom stereocenters. The van der Waals surface area contributed by atoms with Gasteiger partial charge < -0.3 is 15.0 Å². The molecule has 4 heteroatoms. The van der Waals surface area contributed by atoms with Crippen LogP contribution in [0.25, 0.3) is 0 Å². The zero-order valence-electron chi connectivity index (χ0n) is 17.7. The summed E-state index contributed by atoms with van der Waals surface area (Å²) in [4.78, 5) is 16.0. The van der Waals surface area contributed by atoms with Crippen molar-refractivity contribution in [1.29, 1.82) is 0 Å². The zero-order chi connectivity index (χ0) is 20.3. The Hall–Kier alpha value is -2.33. The van der Waals surface area contributed by atoms with Crippen LogP contribution in [-0.4, -0.2) is 32.2 Å². The van der Waals surface area contributed by atoms with Gasteiger partial charge in [0.25, 0.3) is 0 Å². The van der Waals surface area contributed by atoms with Crippen LogP contribution < -0.4 is 10.2 Å². The van der Waals surface area contributed by atoms with Gasteiger partial charge in [0.05, 0.1) is 5.41 Å². The van der Waals surface area contributed by atoms with E-state index in [9.17, 15) is 4.79 Å². The predicted octanol–water partition coefficient (Wildman–Crippen LogP) is 4.27. The molecule has 154 valence electrons. The molecule has 0 aromatic heterocycles. The number of nitrogens with zero attached hydrogens (tertiary/aromatic N) is 1. The average molecular weight is 393 g/mol. The molecule has 0 saturated carbocycles. The smallest absolute Gasteiger partial charge is 0.231 e. The lowest BCUT2D eigenvalue weighted by Crippen LogP contribution is -2.48. The van der Waals surface area contributed by atoms with Crippen molar-refractivity contribution in [2.24, 2.45) is 0 Å². The molecular formula is C25H32N2O2. The molecule has 2 aromatic carbocycles. The Morgan fingerprint density at radius 1 is 1.03 bits per heavy atom. The van der Waals surface area contributed by atoms with E-state index < -0.39 is 5.41 Å². The Bertz CT molecular complexity index is 845. The van der Waals surface area contributed by atoms with Gasteiger partial charge in [-0.2, -0.15) is 0 Å². The molecule has 2 aromatic rings. The highest BCUT2D eigenvalue weighted by Crippen LogP contribution is 2.36. The summed E-state index contributed by atoms with van der Waals surface area (Å²) in [5.74, 6) is 0.127. The monoisotopic (exact) mass is 392 g/mol. The van der Waals surface area contributed by atoms with E-state index in [1.54, 1.807) is 0 Å². The van der Waals surface area contributed by atoms with Crippen molar-refractivity contribution in [2.75, 3.05) is 31.2 Å². The number of hydrogen-bond acceptors (Lipinski definition) is 3. The summed E-state index contributed by atoms with van der Waals surface area (Å²) in [5, 5.41) is 3.29. The highest BCUT2D eigenvalue weighted by atomic mass is 16.5. The molecule has 29 heavy (non-hydrogen) atoms. The van der Waals surface area contributed by atoms with Crippen LogP contribution in [0.4, 0.5) is 5.69 Å². The summed E-state index contributed by atoms with van der Waals surface area (Å²) in [6.45, 7) is 8.25. The van der Waals surface area contributed by atoms with Crippen molar-refractivity contribution in [3.8, 4) is 0 Å². The second kappa shape index (κ2) is 8.58. The maximum absolute atomic E-state index is 13.6. The number of hydrogen-bond donors (Lipinski definition) is 1. The summed E-state index contributed by atoms with van der Waals surface area (Å²) in [7, 11) is 0. The summed E-state index contributed by atoms with van der Waals surface area (Å²) in [6.07, 6.45) is 3.96. The Morgan fingerprint density at radius 2 is 1.69 bits per heavy atom. The highest BCUT2D eigenvalue weighted by molar-refractivity contribution is 5.88. The minimum Gasteiger partial charge on any atom is -0.381 e. The van der Waals surface area contributed by atoms with Crippen molar-refractivity contribution in [2.45, 2.75) is 51.5 Å². The summed E-state index contributed by atoms with van der Waals surface area (Å²) < 4.78 is 5.62. The Morgan fingerprint density at radius 3 is 2.38 bits per heavy atom. The molecule has 2 heterocycles. The minimum absolute atomic E-state index is 0.127. The second-order valence-electron chi connectivity index (χ2n) is 8.58. The number of carbonyl (C=O) groups excluding carboxylic acids is 1. The van der Waals surface area contributed by atoms with Gasteiger partial charge >= 0.3 is 0 Å². The van der Waals surface area contributed by atoms with Gasteiger partial charge in [-0.25, -0.2) is 0 Å². The van der Waals surface area contributed by atoms with E-state index in [2.05, 4.69) is 66.5 Å². The quantitative estimate of drug-likeness (QED) is 0.826. The lowest BCUT2D eigenvalue weighted by Gasteiger charge is -2.37. The third-order valence-electron chi connectivity index (χ3n) is 6.43. The van der Waals surface area contributed by atoms with Crippen molar-refractivity contribution >= 4 is 11.6 Å². The first-order valence-corrected chi connectivity index (χ1v) is 10.9. The normalized spacial score (nSPS) is 18.6. The van der Waals surface area contributed by atoms with Crippen LogP contribution in [-0.2, 0) is 21.5 Å². The van der Waals surface area contributed by atoms with Crippen LogP contribution in [0.5, 0.6) is 0 Å². The third kappa shape index (κ3) is 4.18. The Balaban J connectivity index is 1.57. The molecule has 2 aliphatic heterocycles. The average Bonchev–Trinajstić information content (AvgIpc) is 3.26. The predicted molar refractivity (Wildman–Crippen MR) is 117 cm³/mol. The van der Waals surface area contributed by atoms with E-state index in [0.717, 1.165) is 31.5 Å². The zero-order valence-corrected chi connectivity index (χ0v) is 17.7. The van der Waals surface area contributed by atoms with Gasteiger partial charge in [-0.05, 0) is 56.7 Å². The first-order chi connectivity index (χ1) is 14.1. The first-order valence-electron chi connectivity index (χ1n) is 10.9. The number of nitrogens with one attached hydrogen (secondary N) is 1. The summed E-state index contributed by atoms with van der Waals surface area (Å²) in [6, 6.07) is 15.0. The number of benzene rings is 2. The number of rotatable bonds is 5. The fraction of sp³-hybridized carbons (Fsp3) is 0.480. The molecule has 1 N–H and O–H groups in total. The number of aryl methyl sites for hydroxylation is 2. The molecular weight excluding hydrogens is 360 g/mol. The van der Waals surface area contributed by atoms with E-state index >= 15 is 0 Å². The molecule has 0 aliphatic carbocycles. The maximum atomic E-state index is 13.6. The van der Waals surface area contributed by atoms with Crippen LogP contribution in [0.2, 0.25) is 0 Å². The molecule has 0 radical (unpaired) electrons. The molecule has 0 spiro atoms. The highest BCUT2D eigenvalue weighted by Gasteiger charge is 2.41. The number of anilines is 1. The molecule has 2 fully saturated rings. The largest absolute Gasteiger partial charge is 0.381 e. The second-order valence-corrected chi connectivity index (χ2v) is 8.58. The number of amides is 1. The van der Waals surface area contributed by atoms with E-state index in [0.29, 0.717) is 19.8 Å².